The van der Waals surface area contributed by atoms with Crippen LogP contribution in [-0.4, -0.2) is 41.3 Å². The van der Waals surface area contributed by atoms with E-state index in [1.807, 2.05) is 13.8 Å². The van der Waals surface area contributed by atoms with E-state index in [4.69, 9.17) is 20.9 Å². The molecule has 0 radical (unpaired) electrons. The lowest BCUT2D eigenvalue weighted by molar-refractivity contribution is -0.154. The SMILES string of the molecule is CC1(C)O[C@@H]2[C@@H](O)[C@H](N)C[C@H](N)[C@H]2O1. The lowest BCUT2D eigenvalue weighted by Gasteiger charge is -2.36. The van der Waals surface area contributed by atoms with Crippen LogP contribution < -0.4 is 11.5 Å². The number of rotatable bonds is 0. The molecule has 2 aliphatic rings. The number of hydrogen-bond acceptors (Lipinski definition) is 5. The quantitative estimate of drug-likeness (QED) is 0.465. The summed E-state index contributed by atoms with van der Waals surface area (Å²) in [6, 6.07) is -0.469. The highest BCUT2D eigenvalue weighted by molar-refractivity contribution is 5.01. The van der Waals surface area contributed by atoms with Crippen LogP contribution in [0.25, 0.3) is 0 Å². The van der Waals surface area contributed by atoms with E-state index < -0.39 is 11.9 Å². The van der Waals surface area contributed by atoms with Crippen molar-refractivity contribution < 1.29 is 14.6 Å². The maximum absolute atomic E-state index is 9.81. The molecule has 1 saturated heterocycles. The number of nitrogens with two attached hydrogens (primary N) is 2. The van der Waals surface area contributed by atoms with Gasteiger partial charge in [0, 0.05) is 12.1 Å². The third-order valence-corrected chi connectivity index (χ3v) is 2.91. The van der Waals surface area contributed by atoms with Crippen LogP contribution in [0.4, 0.5) is 0 Å². The molecule has 1 saturated carbocycles. The van der Waals surface area contributed by atoms with Crippen LogP contribution in [0.5, 0.6) is 0 Å². The van der Waals surface area contributed by atoms with Crippen molar-refractivity contribution in [2.75, 3.05) is 0 Å². The highest BCUT2D eigenvalue weighted by Crippen LogP contribution is 2.35. The third-order valence-electron chi connectivity index (χ3n) is 2.91. The molecule has 14 heavy (non-hydrogen) atoms. The Morgan fingerprint density at radius 1 is 1.14 bits per heavy atom. The number of ether oxygens (including phenoxy) is 2. The second-order valence-corrected chi connectivity index (χ2v) is 4.62. The molecule has 1 aliphatic carbocycles. The van der Waals surface area contributed by atoms with E-state index in [9.17, 15) is 5.11 Å². The van der Waals surface area contributed by atoms with Crippen molar-refractivity contribution in [1.29, 1.82) is 0 Å². The Kier molecular flexibility index (Phi) is 2.32. The minimum absolute atomic E-state index is 0.153. The molecule has 82 valence electrons. The Bertz CT molecular complexity index is 234. The van der Waals surface area contributed by atoms with Crippen molar-refractivity contribution in [3.8, 4) is 0 Å². The van der Waals surface area contributed by atoms with E-state index in [0.29, 0.717) is 6.42 Å². The molecule has 0 bridgehead atoms. The van der Waals surface area contributed by atoms with Gasteiger partial charge in [-0.1, -0.05) is 0 Å². The Balaban J connectivity index is 2.18. The van der Waals surface area contributed by atoms with Gasteiger partial charge in [-0.05, 0) is 20.3 Å². The molecule has 0 unspecified atom stereocenters. The average Bonchev–Trinajstić information content (AvgIpc) is 2.38. The first-order valence-electron chi connectivity index (χ1n) is 4.95. The van der Waals surface area contributed by atoms with Gasteiger partial charge in [-0.15, -0.1) is 0 Å². The van der Waals surface area contributed by atoms with Gasteiger partial charge >= 0.3 is 0 Å². The van der Waals surface area contributed by atoms with Crippen LogP contribution in [0.1, 0.15) is 20.3 Å². The van der Waals surface area contributed by atoms with Gasteiger partial charge in [-0.2, -0.15) is 0 Å². The zero-order valence-electron chi connectivity index (χ0n) is 8.51. The average molecular weight is 202 g/mol. The number of fused-ring (bicyclic) bond motifs is 1. The summed E-state index contributed by atoms with van der Waals surface area (Å²) in [5.41, 5.74) is 11.6. The standard InChI is InChI=1S/C9H18N2O3/c1-9(2)13-7-5(11)3-4(10)6(12)8(7)14-9/h4-8,12H,3,10-11H2,1-2H3/t4-,5+,6+,7-,8-/m1/s1. The Labute approximate surface area is 83.3 Å². The van der Waals surface area contributed by atoms with Gasteiger partial charge in [0.1, 0.15) is 12.2 Å². The molecule has 0 spiro atoms. The molecule has 5 nitrogen and oxygen atoms in total. The molecule has 5 heteroatoms. The Morgan fingerprint density at radius 3 is 2.36 bits per heavy atom. The first-order chi connectivity index (χ1) is 6.41. The molecule has 0 aromatic carbocycles. The predicted octanol–water partition coefficient (Wildman–Crippen LogP) is -1.07. The van der Waals surface area contributed by atoms with E-state index in [1.165, 1.54) is 0 Å². The van der Waals surface area contributed by atoms with E-state index in [2.05, 4.69) is 0 Å². The van der Waals surface area contributed by atoms with Crippen molar-refractivity contribution in [2.45, 2.75) is 56.5 Å². The lowest BCUT2D eigenvalue weighted by Crippen LogP contribution is -2.59. The van der Waals surface area contributed by atoms with Crippen molar-refractivity contribution >= 4 is 0 Å². The fourth-order valence-corrected chi connectivity index (χ4v) is 2.24. The molecule has 5 N–H and O–H groups in total. The van der Waals surface area contributed by atoms with Crippen LogP contribution in [0.2, 0.25) is 0 Å². The highest BCUT2D eigenvalue weighted by atomic mass is 16.8. The zero-order chi connectivity index (χ0) is 10.5. The fourth-order valence-electron chi connectivity index (χ4n) is 2.24. The van der Waals surface area contributed by atoms with Gasteiger partial charge in [-0.3, -0.25) is 0 Å². The molecule has 0 aromatic rings. The lowest BCUT2D eigenvalue weighted by atomic mass is 9.85. The second kappa shape index (κ2) is 3.15. The molecular formula is C9H18N2O3. The van der Waals surface area contributed by atoms with Crippen LogP contribution in [0, 0.1) is 0 Å². The summed E-state index contributed by atoms with van der Waals surface area (Å²) >= 11 is 0. The number of hydrogen-bond donors (Lipinski definition) is 3. The summed E-state index contributed by atoms with van der Waals surface area (Å²) in [5, 5.41) is 9.81. The topological polar surface area (TPSA) is 90.7 Å². The van der Waals surface area contributed by atoms with Gasteiger partial charge in [0.15, 0.2) is 5.79 Å². The van der Waals surface area contributed by atoms with E-state index >= 15 is 0 Å². The minimum Gasteiger partial charge on any atom is -0.389 e. The summed E-state index contributed by atoms with van der Waals surface area (Å²) in [6.45, 7) is 3.63. The summed E-state index contributed by atoms with van der Waals surface area (Å²) in [5.74, 6) is -0.669. The van der Waals surface area contributed by atoms with Crippen LogP contribution in [0.15, 0.2) is 0 Å². The summed E-state index contributed by atoms with van der Waals surface area (Å²) in [7, 11) is 0. The van der Waals surface area contributed by atoms with Crippen molar-refractivity contribution in [1.82, 2.24) is 0 Å². The van der Waals surface area contributed by atoms with Crippen LogP contribution in [0.3, 0.4) is 0 Å². The van der Waals surface area contributed by atoms with Gasteiger partial charge in [-0.25, -0.2) is 0 Å². The molecule has 1 aliphatic heterocycles. The molecule has 2 rings (SSSR count). The number of aliphatic hydroxyl groups excluding tert-OH is 1. The first kappa shape index (κ1) is 10.3. The maximum atomic E-state index is 9.81. The van der Waals surface area contributed by atoms with Crippen molar-refractivity contribution in [3.63, 3.8) is 0 Å². The Morgan fingerprint density at radius 2 is 1.71 bits per heavy atom. The van der Waals surface area contributed by atoms with Crippen LogP contribution in [-0.2, 0) is 9.47 Å². The van der Waals surface area contributed by atoms with Gasteiger partial charge in [0.2, 0.25) is 0 Å². The largest absolute Gasteiger partial charge is 0.389 e. The number of aliphatic hydroxyl groups is 1. The van der Waals surface area contributed by atoms with E-state index in [0.717, 1.165) is 0 Å². The predicted molar refractivity (Wildman–Crippen MR) is 50.4 cm³/mol. The summed E-state index contributed by atoms with van der Waals surface area (Å²) in [6.07, 6.45) is -0.730. The van der Waals surface area contributed by atoms with Crippen LogP contribution >= 0.6 is 0 Å². The fraction of sp³-hybridized carbons (Fsp3) is 1.00. The smallest absolute Gasteiger partial charge is 0.163 e. The molecule has 2 fully saturated rings. The van der Waals surface area contributed by atoms with E-state index in [1.54, 1.807) is 0 Å². The van der Waals surface area contributed by atoms with Gasteiger partial charge < -0.3 is 26.0 Å². The molecule has 5 atom stereocenters. The molecule has 0 amide bonds. The van der Waals surface area contributed by atoms with Crippen molar-refractivity contribution in [3.05, 3.63) is 0 Å². The molecule has 1 heterocycles. The first-order valence-corrected chi connectivity index (χ1v) is 4.95. The third kappa shape index (κ3) is 1.55. The second-order valence-electron chi connectivity index (χ2n) is 4.62. The molecule has 0 aromatic heterocycles. The van der Waals surface area contributed by atoms with Crippen molar-refractivity contribution in [2.24, 2.45) is 11.5 Å². The monoisotopic (exact) mass is 202 g/mol. The maximum Gasteiger partial charge on any atom is 0.163 e. The highest BCUT2D eigenvalue weighted by Gasteiger charge is 2.52. The van der Waals surface area contributed by atoms with Gasteiger partial charge in [0.25, 0.3) is 0 Å². The summed E-state index contributed by atoms with van der Waals surface area (Å²) in [4.78, 5) is 0. The van der Waals surface area contributed by atoms with E-state index in [-0.39, 0.29) is 24.3 Å². The Hall–Kier alpha value is -0.200. The summed E-state index contributed by atoms with van der Waals surface area (Å²) < 4.78 is 11.2. The molecular weight excluding hydrogens is 184 g/mol. The minimum atomic E-state index is -0.679. The zero-order valence-corrected chi connectivity index (χ0v) is 8.51. The normalized spacial score (nSPS) is 51.6. The van der Waals surface area contributed by atoms with Gasteiger partial charge in [0.05, 0.1) is 6.10 Å².